The van der Waals surface area contributed by atoms with E-state index in [2.05, 4.69) is 10.3 Å². The third-order valence-electron chi connectivity index (χ3n) is 3.12. The minimum absolute atomic E-state index is 0.0670. The second-order valence-electron chi connectivity index (χ2n) is 4.67. The molecule has 2 rings (SSSR count). The molecule has 0 saturated carbocycles. The average molecular weight is 285 g/mol. The van der Waals surface area contributed by atoms with Gasteiger partial charge in [-0.3, -0.25) is 4.98 Å². The first-order valence-corrected chi connectivity index (χ1v) is 6.85. The maximum absolute atomic E-state index is 11.8. The molecule has 0 spiro atoms. The standard InChI is InChI=1S/C16H19N3O2/c1-3-21-16(20)14-9-13(6-7-15(14)17)19-11(2)12-5-4-8-18-10-12/h4-11,19H,3,17H2,1-2H3. The van der Waals surface area contributed by atoms with E-state index in [4.69, 9.17) is 10.5 Å². The zero-order chi connectivity index (χ0) is 15.2. The van der Waals surface area contributed by atoms with Gasteiger partial charge in [-0.2, -0.15) is 0 Å². The quantitative estimate of drug-likeness (QED) is 0.652. The zero-order valence-corrected chi connectivity index (χ0v) is 12.2. The molecule has 3 N–H and O–H groups in total. The third-order valence-corrected chi connectivity index (χ3v) is 3.12. The summed E-state index contributed by atoms with van der Waals surface area (Å²) in [4.78, 5) is 15.9. The smallest absolute Gasteiger partial charge is 0.340 e. The Labute approximate surface area is 124 Å². The number of carbonyl (C=O) groups is 1. The second kappa shape index (κ2) is 6.74. The number of hydrogen-bond donors (Lipinski definition) is 2. The molecule has 1 aromatic heterocycles. The molecule has 110 valence electrons. The van der Waals surface area contributed by atoms with Gasteiger partial charge >= 0.3 is 5.97 Å². The van der Waals surface area contributed by atoms with Crippen LogP contribution in [0.4, 0.5) is 11.4 Å². The monoisotopic (exact) mass is 285 g/mol. The molecule has 2 aromatic rings. The van der Waals surface area contributed by atoms with Crippen LogP contribution in [0.15, 0.2) is 42.7 Å². The number of benzene rings is 1. The number of hydrogen-bond acceptors (Lipinski definition) is 5. The topological polar surface area (TPSA) is 77.2 Å². The number of pyridine rings is 1. The van der Waals surface area contributed by atoms with Gasteiger partial charge in [-0.25, -0.2) is 4.79 Å². The maximum atomic E-state index is 11.8. The van der Waals surface area contributed by atoms with Gasteiger partial charge in [0.05, 0.1) is 18.2 Å². The molecule has 0 aliphatic heterocycles. The van der Waals surface area contributed by atoms with Crippen molar-refractivity contribution in [3.8, 4) is 0 Å². The third kappa shape index (κ3) is 3.72. The summed E-state index contributed by atoms with van der Waals surface area (Å²) in [7, 11) is 0. The minimum atomic E-state index is -0.410. The molecule has 0 aliphatic carbocycles. The van der Waals surface area contributed by atoms with Crippen LogP contribution in [0.1, 0.15) is 35.8 Å². The van der Waals surface area contributed by atoms with Crippen LogP contribution in [0.3, 0.4) is 0 Å². The summed E-state index contributed by atoms with van der Waals surface area (Å²) < 4.78 is 5.00. The molecule has 5 nitrogen and oxygen atoms in total. The molecule has 1 unspecified atom stereocenters. The number of carbonyl (C=O) groups excluding carboxylic acids is 1. The lowest BCUT2D eigenvalue weighted by molar-refractivity contribution is 0.0527. The van der Waals surface area contributed by atoms with Crippen LogP contribution in [0.25, 0.3) is 0 Å². The van der Waals surface area contributed by atoms with Gasteiger partial charge in [-0.1, -0.05) is 6.07 Å². The largest absolute Gasteiger partial charge is 0.462 e. The molecular formula is C16H19N3O2. The first-order chi connectivity index (χ1) is 10.1. The van der Waals surface area contributed by atoms with E-state index in [1.165, 1.54) is 0 Å². The van der Waals surface area contributed by atoms with Gasteiger partial charge in [0.2, 0.25) is 0 Å². The molecule has 1 aromatic carbocycles. The lowest BCUT2D eigenvalue weighted by Crippen LogP contribution is -2.11. The molecule has 0 fully saturated rings. The van der Waals surface area contributed by atoms with Gasteiger partial charge < -0.3 is 15.8 Å². The van der Waals surface area contributed by atoms with Gasteiger partial charge in [0, 0.05) is 23.8 Å². The number of nitrogens with two attached hydrogens (primary N) is 1. The number of nitrogens with zero attached hydrogens (tertiary/aromatic N) is 1. The molecule has 0 bridgehead atoms. The van der Waals surface area contributed by atoms with E-state index in [1.807, 2.05) is 25.1 Å². The fourth-order valence-corrected chi connectivity index (χ4v) is 2.00. The molecule has 1 heterocycles. The van der Waals surface area contributed by atoms with Crippen molar-refractivity contribution in [1.29, 1.82) is 0 Å². The average Bonchev–Trinajstić information content (AvgIpc) is 2.50. The Morgan fingerprint density at radius 2 is 2.24 bits per heavy atom. The van der Waals surface area contributed by atoms with Gasteiger partial charge in [0.15, 0.2) is 0 Å². The summed E-state index contributed by atoms with van der Waals surface area (Å²) in [6.07, 6.45) is 3.54. The Morgan fingerprint density at radius 1 is 1.43 bits per heavy atom. The molecule has 1 atom stereocenters. The fourth-order valence-electron chi connectivity index (χ4n) is 2.00. The first kappa shape index (κ1) is 14.8. The highest BCUT2D eigenvalue weighted by Gasteiger charge is 2.13. The first-order valence-electron chi connectivity index (χ1n) is 6.85. The van der Waals surface area contributed by atoms with Gasteiger partial charge in [-0.05, 0) is 43.7 Å². The normalized spacial score (nSPS) is 11.7. The Hall–Kier alpha value is -2.56. The highest BCUT2D eigenvalue weighted by atomic mass is 16.5. The Bertz CT molecular complexity index is 614. The molecule has 21 heavy (non-hydrogen) atoms. The predicted octanol–water partition coefficient (Wildman–Crippen LogP) is 3.01. The van der Waals surface area contributed by atoms with Crippen LogP contribution in [-0.4, -0.2) is 17.6 Å². The maximum Gasteiger partial charge on any atom is 0.340 e. The molecule has 0 aliphatic rings. The van der Waals surface area contributed by atoms with Crippen LogP contribution in [-0.2, 0) is 4.74 Å². The van der Waals surface area contributed by atoms with Gasteiger partial charge in [-0.15, -0.1) is 0 Å². The summed E-state index contributed by atoms with van der Waals surface area (Å²) in [6, 6.07) is 9.20. The number of ether oxygens (including phenoxy) is 1. The van der Waals surface area contributed by atoms with E-state index < -0.39 is 5.97 Å². The van der Waals surface area contributed by atoms with Crippen LogP contribution < -0.4 is 11.1 Å². The van der Waals surface area contributed by atoms with Crippen molar-refractivity contribution in [1.82, 2.24) is 4.98 Å². The number of nitrogen functional groups attached to an aromatic ring is 1. The fraction of sp³-hybridized carbons (Fsp3) is 0.250. The Morgan fingerprint density at radius 3 is 2.90 bits per heavy atom. The van der Waals surface area contributed by atoms with E-state index in [0.29, 0.717) is 17.9 Å². The van der Waals surface area contributed by atoms with Crippen LogP contribution in [0.5, 0.6) is 0 Å². The highest BCUT2D eigenvalue weighted by molar-refractivity contribution is 5.96. The van der Waals surface area contributed by atoms with Crippen molar-refractivity contribution in [2.45, 2.75) is 19.9 Å². The van der Waals surface area contributed by atoms with Crippen molar-refractivity contribution < 1.29 is 9.53 Å². The van der Waals surface area contributed by atoms with E-state index in [-0.39, 0.29) is 6.04 Å². The number of anilines is 2. The van der Waals surface area contributed by atoms with Crippen LogP contribution in [0, 0.1) is 0 Å². The summed E-state index contributed by atoms with van der Waals surface area (Å²) in [5.74, 6) is -0.410. The highest BCUT2D eigenvalue weighted by Crippen LogP contribution is 2.23. The van der Waals surface area contributed by atoms with Crippen molar-refractivity contribution in [3.05, 3.63) is 53.9 Å². The molecule has 5 heteroatoms. The SMILES string of the molecule is CCOC(=O)c1cc(NC(C)c2cccnc2)ccc1N. The predicted molar refractivity (Wildman–Crippen MR) is 83.1 cm³/mol. The van der Waals surface area contributed by atoms with E-state index in [9.17, 15) is 4.79 Å². The second-order valence-corrected chi connectivity index (χ2v) is 4.67. The summed E-state index contributed by atoms with van der Waals surface area (Å²) in [5, 5.41) is 3.32. The van der Waals surface area contributed by atoms with Crippen molar-refractivity contribution >= 4 is 17.3 Å². The summed E-state index contributed by atoms with van der Waals surface area (Å²) in [5.41, 5.74) is 8.48. The molecule has 0 saturated heterocycles. The van der Waals surface area contributed by atoms with E-state index in [1.54, 1.807) is 31.5 Å². The number of esters is 1. The summed E-state index contributed by atoms with van der Waals surface area (Å²) >= 11 is 0. The van der Waals surface area contributed by atoms with E-state index >= 15 is 0 Å². The number of rotatable bonds is 5. The molecular weight excluding hydrogens is 266 g/mol. The lowest BCUT2D eigenvalue weighted by Gasteiger charge is -2.16. The lowest BCUT2D eigenvalue weighted by atomic mass is 10.1. The van der Waals surface area contributed by atoms with Crippen molar-refractivity contribution in [3.63, 3.8) is 0 Å². The van der Waals surface area contributed by atoms with Crippen LogP contribution >= 0.6 is 0 Å². The minimum Gasteiger partial charge on any atom is -0.462 e. The molecule has 0 amide bonds. The van der Waals surface area contributed by atoms with Gasteiger partial charge in [0.1, 0.15) is 0 Å². The van der Waals surface area contributed by atoms with Crippen molar-refractivity contribution in [2.75, 3.05) is 17.7 Å². The number of nitrogens with one attached hydrogen (secondary N) is 1. The Kier molecular flexibility index (Phi) is 4.77. The molecule has 0 radical (unpaired) electrons. The van der Waals surface area contributed by atoms with Crippen molar-refractivity contribution in [2.24, 2.45) is 0 Å². The zero-order valence-electron chi connectivity index (χ0n) is 12.2. The van der Waals surface area contributed by atoms with Crippen LogP contribution in [0.2, 0.25) is 0 Å². The summed E-state index contributed by atoms with van der Waals surface area (Å²) in [6.45, 7) is 4.11. The van der Waals surface area contributed by atoms with Gasteiger partial charge in [0.25, 0.3) is 0 Å². The van der Waals surface area contributed by atoms with E-state index in [0.717, 1.165) is 11.3 Å². The number of aromatic nitrogens is 1. The Balaban J connectivity index is 2.17.